The van der Waals surface area contributed by atoms with E-state index in [1.54, 1.807) is 6.07 Å². The summed E-state index contributed by atoms with van der Waals surface area (Å²) in [4.78, 5) is 3.89. The average molecular weight is 308 g/mol. The summed E-state index contributed by atoms with van der Waals surface area (Å²) in [7, 11) is 0. The van der Waals surface area contributed by atoms with Crippen LogP contribution in [0.3, 0.4) is 0 Å². The molecular weight excluding hydrogens is 298 g/mol. The minimum absolute atomic E-state index is 0.0265. The van der Waals surface area contributed by atoms with Crippen LogP contribution in [-0.2, 0) is 6.18 Å². The molecule has 0 aliphatic heterocycles. The molecule has 0 N–H and O–H groups in total. The number of alkyl halides is 3. The van der Waals surface area contributed by atoms with Gasteiger partial charge in [0.25, 0.3) is 0 Å². The number of fused-ring (bicyclic) bond motifs is 1. The molecule has 0 aliphatic rings. The first kappa shape index (κ1) is 14.4. The third-order valence-electron chi connectivity index (χ3n) is 2.79. The van der Waals surface area contributed by atoms with Crippen LogP contribution in [0, 0.1) is 0 Å². The molecule has 2 rings (SSSR count). The first-order chi connectivity index (χ1) is 8.70. The highest BCUT2D eigenvalue weighted by Crippen LogP contribution is 2.38. The van der Waals surface area contributed by atoms with Crippen molar-refractivity contribution in [2.24, 2.45) is 0 Å². The largest absolute Gasteiger partial charge is 0.418 e. The molecule has 102 valence electrons. The number of hydrogen-bond acceptors (Lipinski definition) is 1. The summed E-state index contributed by atoms with van der Waals surface area (Å²) in [5.74, 6) is 0.0673. The number of halogens is 5. The normalized spacial score (nSPS) is 12.4. The van der Waals surface area contributed by atoms with Gasteiger partial charge in [-0.1, -0.05) is 37.0 Å². The smallest absolute Gasteiger partial charge is 0.235 e. The fourth-order valence-electron chi connectivity index (χ4n) is 1.87. The summed E-state index contributed by atoms with van der Waals surface area (Å²) >= 11 is 11.7. The van der Waals surface area contributed by atoms with E-state index in [1.807, 2.05) is 13.8 Å². The number of aromatic nitrogens is 1. The van der Waals surface area contributed by atoms with Gasteiger partial charge >= 0.3 is 6.18 Å². The van der Waals surface area contributed by atoms with Crippen molar-refractivity contribution in [2.45, 2.75) is 25.9 Å². The van der Waals surface area contributed by atoms with Crippen molar-refractivity contribution < 1.29 is 13.2 Å². The zero-order chi connectivity index (χ0) is 14.4. The third-order valence-corrected chi connectivity index (χ3v) is 3.31. The van der Waals surface area contributed by atoms with Gasteiger partial charge in [0.2, 0.25) is 0 Å². The van der Waals surface area contributed by atoms with Gasteiger partial charge < -0.3 is 0 Å². The van der Waals surface area contributed by atoms with Crippen molar-refractivity contribution in [2.75, 3.05) is 0 Å². The third kappa shape index (κ3) is 2.79. The van der Waals surface area contributed by atoms with Crippen molar-refractivity contribution >= 4 is 34.1 Å². The molecule has 0 spiro atoms. The quantitative estimate of drug-likeness (QED) is 0.617. The number of hydrogen-bond donors (Lipinski definition) is 0. The molecule has 0 radical (unpaired) electrons. The highest BCUT2D eigenvalue weighted by Gasteiger charge is 2.34. The Morgan fingerprint density at radius 3 is 2.26 bits per heavy atom. The van der Waals surface area contributed by atoms with Gasteiger partial charge in [-0.3, -0.25) is 0 Å². The molecule has 0 unspecified atom stereocenters. The molecule has 6 heteroatoms. The molecule has 0 saturated heterocycles. The van der Waals surface area contributed by atoms with E-state index in [1.165, 1.54) is 6.07 Å². The van der Waals surface area contributed by atoms with Crippen LogP contribution in [0.15, 0.2) is 18.2 Å². The Balaban J connectivity index is 2.83. The van der Waals surface area contributed by atoms with E-state index in [0.29, 0.717) is 10.9 Å². The summed E-state index contributed by atoms with van der Waals surface area (Å²) in [5, 5.41) is 0.460. The molecule has 0 fully saturated rings. The Kier molecular flexibility index (Phi) is 3.67. The molecule has 1 aromatic carbocycles. The summed E-state index contributed by atoms with van der Waals surface area (Å²) in [6.45, 7) is 3.79. The molecule has 0 atom stereocenters. The molecule has 1 heterocycles. The fourth-order valence-corrected chi connectivity index (χ4v) is 2.45. The summed E-state index contributed by atoms with van der Waals surface area (Å²) in [6, 6.07) is 3.93. The average Bonchev–Trinajstić information content (AvgIpc) is 2.26. The van der Waals surface area contributed by atoms with Crippen molar-refractivity contribution in [1.29, 1.82) is 0 Å². The fraction of sp³-hybridized carbons (Fsp3) is 0.308. The predicted molar refractivity (Wildman–Crippen MR) is 70.9 cm³/mol. The second kappa shape index (κ2) is 4.84. The first-order valence-corrected chi connectivity index (χ1v) is 6.32. The van der Waals surface area contributed by atoms with Gasteiger partial charge in [-0.25, -0.2) is 4.98 Å². The number of nitrogens with zero attached hydrogens (tertiary/aromatic N) is 1. The molecule has 1 aromatic heterocycles. The Hall–Kier alpha value is -1.00. The highest BCUT2D eigenvalue weighted by atomic mass is 35.5. The lowest BCUT2D eigenvalue weighted by Crippen LogP contribution is -2.07. The Bertz CT molecular complexity index is 636. The van der Waals surface area contributed by atoms with E-state index in [9.17, 15) is 13.2 Å². The SMILES string of the molecule is CC(C)c1cc2cc(Cl)cc(C(F)(F)F)c2nc1Cl. The zero-order valence-electron chi connectivity index (χ0n) is 10.1. The van der Waals surface area contributed by atoms with Crippen LogP contribution in [0.2, 0.25) is 10.2 Å². The van der Waals surface area contributed by atoms with Crippen LogP contribution in [0.25, 0.3) is 10.9 Å². The minimum Gasteiger partial charge on any atom is -0.235 e. The van der Waals surface area contributed by atoms with Crippen LogP contribution in [0.4, 0.5) is 13.2 Å². The van der Waals surface area contributed by atoms with E-state index in [4.69, 9.17) is 23.2 Å². The second-order valence-corrected chi connectivity index (χ2v) is 5.34. The Morgan fingerprint density at radius 2 is 1.74 bits per heavy atom. The summed E-state index contributed by atoms with van der Waals surface area (Å²) < 4.78 is 38.8. The van der Waals surface area contributed by atoms with Crippen molar-refractivity contribution in [3.8, 4) is 0 Å². The van der Waals surface area contributed by atoms with E-state index in [2.05, 4.69) is 4.98 Å². The number of rotatable bonds is 1. The maximum atomic E-state index is 12.9. The van der Waals surface area contributed by atoms with Gasteiger partial charge in [-0.15, -0.1) is 0 Å². The summed E-state index contributed by atoms with van der Waals surface area (Å²) in [5.41, 5.74) is -0.344. The highest BCUT2D eigenvalue weighted by molar-refractivity contribution is 6.32. The van der Waals surface area contributed by atoms with E-state index in [0.717, 1.165) is 6.07 Å². The van der Waals surface area contributed by atoms with Gasteiger partial charge in [0.05, 0.1) is 11.1 Å². The Morgan fingerprint density at radius 1 is 1.11 bits per heavy atom. The Labute approximate surface area is 118 Å². The standard InChI is InChI=1S/C13H10Cl2F3N/c1-6(2)9-4-7-3-8(14)5-10(13(16,17)18)11(7)19-12(9)15/h3-6H,1-2H3. The monoisotopic (exact) mass is 307 g/mol. The predicted octanol–water partition coefficient (Wildman–Crippen LogP) is 5.68. The van der Waals surface area contributed by atoms with Gasteiger partial charge in [0.15, 0.2) is 0 Å². The molecule has 0 amide bonds. The van der Waals surface area contributed by atoms with Gasteiger partial charge in [-0.2, -0.15) is 13.2 Å². The van der Waals surface area contributed by atoms with Gasteiger partial charge in [0.1, 0.15) is 5.15 Å². The van der Waals surface area contributed by atoms with Crippen LogP contribution >= 0.6 is 23.2 Å². The maximum Gasteiger partial charge on any atom is 0.418 e. The molecule has 0 saturated carbocycles. The van der Waals surface area contributed by atoms with Crippen LogP contribution in [-0.4, -0.2) is 4.98 Å². The lowest BCUT2D eigenvalue weighted by molar-refractivity contribution is -0.136. The van der Waals surface area contributed by atoms with E-state index < -0.39 is 11.7 Å². The van der Waals surface area contributed by atoms with Gasteiger partial charge in [-0.05, 0) is 29.7 Å². The number of benzene rings is 1. The topological polar surface area (TPSA) is 12.9 Å². The minimum atomic E-state index is -4.52. The lowest BCUT2D eigenvalue weighted by Gasteiger charge is -2.14. The van der Waals surface area contributed by atoms with Crippen LogP contribution in [0.1, 0.15) is 30.9 Å². The first-order valence-electron chi connectivity index (χ1n) is 5.57. The van der Waals surface area contributed by atoms with E-state index in [-0.39, 0.29) is 21.6 Å². The lowest BCUT2D eigenvalue weighted by atomic mass is 10.0. The molecule has 0 bridgehead atoms. The van der Waals surface area contributed by atoms with Crippen LogP contribution in [0.5, 0.6) is 0 Å². The van der Waals surface area contributed by atoms with E-state index >= 15 is 0 Å². The van der Waals surface area contributed by atoms with Crippen molar-refractivity contribution in [3.63, 3.8) is 0 Å². The van der Waals surface area contributed by atoms with Gasteiger partial charge in [0, 0.05) is 10.4 Å². The number of pyridine rings is 1. The van der Waals surface area contributed by atoms with Crippen LogP contribution < -0.4 is 0 Å². The molecule has 1 nitrogen and oxygen atoms in total. The molecule has 2 aromatic rings. The molecule has 0 aliphatic carbocycles. The second-order valence-electron chi connectivity index (χ2n) is 4.55. The van der Waals surface area contributed by atoms with Crippen molar-refractivity contribution in [3.05, 3.63) is 39.5 Å². The summed E-state index contributed by atoms with van der Waals surface area (Å²) in [6.07, 6.45) is -4.52. The van der Waals surface area contributed by atoms with Crippen molar-refractivity contribution in [1.82, 2.24) is 4.98 Å². The molecular formula is C13H10Cl2F3N. The zero-order valence-corrected chi connectivity index (χ0v) is 11.7. The molecule has 19 heavy (non-hydrogen) atoms. The maximum absolute atomic E-state index is 12.9.